The molecule has 0 spiro atoms. The van der Waals surface area contributed by atoms with Crippen molar-refractivity contribution < 1.29 is 14.3 Å². The number of hydrogen-bond acceptors (Lipinski definition) is 6. The van der Waals surface area contributed by atoms with E-state index < -0.39 is 0 Å². The second-order valence-corrected chi connectivity index (χ2v) is 8.65. The molecular formula is C25H25N3O4S. The molecule has 170 valence electrons. The molecule has 4 rings (SSSR count). The van der Waals surface area contributed by atoms with Crippen LogP contribution in [0.4, 0.5) is 5.69 Å². The van der Waals surface area contributed by atoms with E-state index in [-0.39, 0.29) is 11.5 Å². The lowest BCUT2D eigenvalue weighted by Gasteiger charge is -2.09. The third kappa shape index (κ3) is 4.90. The van der Waals surface area contributed by atoms with Gasteiger partial charge in [-0.25, -0.2) is 4.98 Å². The summed E-state index contributed by atoms with van der Waals surface area (Å²) in [5, 5.41) is 3.35. The van der Waals surface area contributed by atoms with Crippen LogP contribution in [0.15, 0.2) is 59.7 Å². The van der Waals surface area contributed by atoms with Crippen molar-refractivity contribution in [3.63, 3.8) is 0 Å². The summed E-state index contributed by atoms with van der Waals surface area (Å²) in [6.45, 7) is 4.78. The Morgan fingerprint density at radius 2 is 1.88 bits per heavy atom. The van der Waals surface area contributed by atoms with E-state index in [2.05, 4.69) is 10.3 Å². The third-order valence-corrected chi connectivity index (χ3v) is 6.51. The molecule has 0 aliphatic heterocycles. The number of amides is 1. The normalized spacial score (nSPS) is 10.9. The van der Waals surface area contributed by atoms with Crippen LogP contribution in [0.3, 0.4) is 0 Å². The largest absolute Gasteiger partial charge is 0.495 e. The molecule has 2 heterocycles. The topological polar surface area (TPSA) is 82.4 Å². The molecule has 33 heavy (non-hydrogen) atoms. The summed E-state index contributed by atoms with van der Waals surface area (Å²) in [5.74, 6) is 1.08. The summed E-state index contributed by atoms with van der Waals surface area (Å²) in [6.07, 6.45) is 2.19. The molecular weight excluding hydrogens is 438 g/mol. The van der Waals surface area contributed by atoms with Crippen molar-refractivity contribution in [2.75, 3.05) is 19.0 Å². The van der Waals surface area contributed by atoms with Gasteiger partial charge in [0.15, 0.2) is 0 Å². The smallest absolute Gasteiger partial charge is 0.266 e. The zero-order chi connectivity index (χ0) is 23.4. The molecule has 2 aromatic heterocycles. The summed E-state index contributed by atoms with van der Waals surface area (Å²) in [5.41, 5.74) is 2.22. The Kier molecular flexibility index (Phi) is 6.74. The lowest BCUT2D eigenvalue weighted by Crippen LogP contribution is -2.21. The van der Waals surface area contributed by atoms with Crippen LogP contribution >= 0.6 is 11.3 Å². The summed E-state index contributed by atoms with van der Waals surface area (Å²) < 4.78 is 12.6. The van der Waals surface area contributed by atoms with Gasteiger partial charge in [0.05, 0.1) is 36.0 Å². The predicted molar refractivity (Wildman–Crippen MR) is 131 cm³/mol. The van der Waals surface area contributed by atoms with Crippen LogP contribution in [0.5, 0.6) is 11.5 Å². The van der Waals surface area contributed by atoms with Crippen LogP contribution in [-0.4, -0.2) is 29.2 Å². The minimum atomic E-state index is -0.294. The van der Waals surface area contributed by atoms with Crippen molar-refractivity contribution in [3.05, 3.63) is 81.2 Å². The quantitative estimate of drug-likeness (QED) is 0.380. The molecule has 7 nitrogen and oxygen atoms in total. The number of carbonyl (C=O) groups excluding carboxylic acids is 1. The van der Waals surface area contributed by atoms with E-state index >= 15 is 0 Å². The van der Waals surface area contributed by atoms with Gasteiger partial charge in [0.25, 0.3) is 11.5 Å². The van der Waals surface area contributed by atoms with Crippen LogP contribution < -0.4 is 20.3 Å². The van der Waals surface area contributed by atoms with E-state index in [4.69, 9.17) is 9.47 Å². The van der Waals surface area contributed by atoms with Crippen LogP contribution in [0, 0.1) is 13.8 Å². The Morgan fingerprint density at radius 1 is 1.12 bits per heavy atom. The molecule has 4 aromatic rings. The maximum absolute atomic E-state index is 13.1. The first-order valence-corrected chi connectivity index (χ1v) is 11.4. The van der Waals surface area contributed by atoms with Gasteiger partial charge >= 0.3 is 0 Å². The highest BCUT2D eigenvalue weighted by Crippen LogP contribution is 2.29. The zero-order valence-corrected chi connectivity index (χ0v) is 19.6. The number of nitrogens with one attached hydrogen (secondary N) is 1. The molecule has 0 bridgehead atoms. The van der Waals surface area contributed by atoms with Crippen molar-refractivity contribution in [3.8, 4) is 11.5 Å². The lowest BCUT2D eigenvalue weighted by atomic mass is 10.2. The van der Waals surface area contributed by atoms with Gasteiger partial charge in [-0.15, -0.1) is 11.3 Å². The first kappa shape index (κ1) is 22.5. The minimum absolute atomic E-state index is 0.152. The zero-order valence-electron chi connectivity index (χ0n) is 18.8. The second kappa shape index (κ2) is 9.87. The Hall–Kier alpha value is -3.65. The van der Waals surface area contributed by atoms with E-state index in [0.717, 1.165) is 5.75 Å². The number of para-hydroxylation sites is 2. The number of thiophene rings is 1. The number of aryl methyl sites for hydroxylation is 3. The second-order valence-electron chi connectivity index (χ2n) is 7.65. The summed E-state index contributed by atoms with van der Waals surface area (Å²) in [7, 11) is 1.55. The van der Waals surface area contributed by atoms with E-state index in [0.29, 0.717) is 51.7 Å². The predicted octanol–water partition coefficient (Wildman–Crippen LogP) is 4.80. The van der Waals surface area contributed by atoms with Crippen molar-refractivity contribution in [1.29, 1.82) is 0 Å². The molecule has 0 saturated carbocycles. The summed E-state index contributed by atoms with van der Waals surface area (Å²) in [4.78, 5) is 31.4. The maximum atomic E-state index is 13.1. The highest BCUT2D eigenvalue weighted by molar-refractivity contribution is 7.20. The summed E-state index contributed by atoms with van der Waals surface area (Å²) in [6, 6.07) is 15.1. The van der Waals surface area contributed by atoms with E-state index in [1.807, 2.05) is 43.3 Å². The van der Waals surface area contributed by atoms with E-state index in [1.165, 1.54) is 23.2 Å². The third-order valence-electron chi connectivity index (χ3n) is 5.31. The molecule has 0 aliphatic rings. The number of nitrogens with zero attached hydrogens (tertiary/aromatic N) is 2. The van der Waals surface area contributed by atoms with E-state index in [9.17, 15) is 9.59 Å². The molecule has 0 aliphatic carbocycles. The van der Waals surface area contributed by atoms with Crippen molar-refractivity contribution in [2.24, 2.45) is 0 Å². The number of anilines is 1. The number of hydrogen-bond donors (Lipinski definition) is 1. The van der Waals surface area contributed by atoms with E-state index in [1.54, 1.807) is 30.7 Å². The Bertz CT molecular complexity index is 1340. The lowest BCUT2D eigenvalue weighted by molar-refractivity contribution is 0.102. The van der Waals surface area contributed by atoms with Crippen molar-refractivity contribution >= 4 is 33.1 Å². The number of benzene rings is 2. The number of fused-ring (bicyclic) bond motifs is 1. The molecule has 2 aromatic carbocycles. The number of ether oxygens (including phenoxy) is 2. The molecule has 8 heteroatoms. The Labute approximate surface area is 195 Å². The van der Waals surface area contributed by atoms with Gasteiger partial charge in [0.1, 0.15) is 16.3 Å². The van der Waals surface area contributed by atoms with Gasteiger partial charge in [-0.2, -0.15) is 0 Å². The molecule has 1 N–H and O–H groups in total. The fourth-order valence-electron chi connectivity index (χ4n) is 3.52. The molecule has 0 radical (unpaired) electrons. The Balaban J connectivity index is 1.48. The van der Waals surface area contributed by atoms with Crippen molar-refractivity contribution in [1.82, 2.24) is 9.55 Å². The fraction of sp³-hybridized carbons (Fsp3) is 0.240. The van der Waals surface area contributed by atoms with Gasteiger partial charge in [-0.3, -0.25) is 14.2 Å². The average molecular weight is 464 g/mol. The number of methoxy groups -OCH3 is 1. The molecule has 0 fully saturated rings. The standard InChI is InChI=1S/C25H25N3O4S/c1-16-9-11-18(12-10-16)32-14-6-13-28-15-26-24-21(25(28)30)17(2)22(33-24)23(29)27-19-7-4-5-8-20(19)31-3/h4-5,7-12,15H,6,13-14H2,1-3H3,(H,27,29). The number of carbonyl (C=O) groups is 1. The fourth-order valence-corrected chi connectivity index (χ4v) is 4.56. The molecule has 1 amide bonds. The minimum Gasteiger partial charge on any atom is -0.495 e. The maximum Gasteiger partial charge on any atom is 0.266 e. The van der Waals surface area contributed by atoms with Gasteiger partial charge < -0.3 is 14.8 Å². The van der Waals surface area contributed by atoms with Crippen LogP contribution in [-0.2, 0) is 6.54 Å². The highest BCUT2D eigenvalue weighted by atomic mass is 32.1. The monoisotopic (exact) mass is 463 g/mol. The van der Waals surface area contributed by atoms with Crippen LogP contribution in [0.25, 0.3) is 10.2 Å². The number of rotatable bonds is 8. The molecule has 0 unspecified atom stereocenters. The van der Waals surface area contributed by atoms with Crippen molar-refractivity contribution in [2.45, 2.75) is 26.8 Å². The van der Waals surface area contributed by atoms with Gasteiger partial charge in [-0.1, -0.05) is 29.8 Å². The Morgan fingerprint density at radius 3 is 2.64 bits per heavy atom. The first-order valence-electron chi connectivity index (χ1n) is 10.6. The average Bonchev–Trinajstić information content (AvgIpc) is 3.16. The van der Waals surface area contributed by atoms with Crippen LogP contribution in [0.1, 0.15) is 27.2 Å². The number of aromatic nitrogens is 2. The van der Waals surface area contributed by atoms with Gasteiger partial charge in [0, 0.05) is 6.54 Å². The van der Waals surface area contributed by atoms with Gasteiger partial charge in [0.2, 0.25) is 0 Å². The summed E-state index contributed by atoms with van der Waals surface area (Å²) >= 11 is 1.21. The molecule has 0 saturated heterocycles. The van der Waals surface area contributed by atoms with Gasteiger partial charge in [-0.05, 0) is 50.1 Å². The highest BCUT2D eigenvalue weighted by Gasteiger charge is 2.20. The van der Waals surface area contributed by atoms with Crippen LogP contribution in [0.2, 0.25) is 0 Å². The first-order chi connectivity index (χ1) is 16.0. The SMILES string of the molecule is COc1ccccc1NC(=O)c1sc2ncn(CCCOc3ccc(C)cc3)c(=O)c2c1C. The molecule has 0 atom stereocenters.